The van der Waals surface area contributed by atoms with Crippen molar-refractivity contribution in [2.24, 2.45) is 5.92 Å². The number of nitrogens with one attached hydrogen (secondary N) is 2. The molecule has 0 unspecified atom stereocenters. The first kappa shape index (κ1) is 15.6. The van der Waals surface area contributed by atoms with Crippen LogP contribution in [0.1, 0.15) is 37.0 Å². The van der Waals surface area contributed by atoms with Gasteiger partial charge < -0.3 is 14.8 Å². The smallest absolute Gasteiger partial charge is 0.179 e. The number of hydrogen-bond donors (Lipinski definition) is 2. The Labute approximate surface area is 142 Å². The third kappa shape index (κ3) is 3.44. The second-order valence-electron chi connectivity index (χ2n) is 6.75. The lowest BCUT2D eigenvalue weighted by molar-refractivity contribution is 0.0678. The van der Waals surface area contributed by atoms with E-state index in [2.05, 4.69) is 20.5 Å². The highest BCUT2D eigenvalue weighted by Gasteiger charge is 2.35. The minimum atomic E-state index is 0.0129. The number of aromatic nitrogens is 3. The van der Waals surface area contributed by atoms with Crippen molar-refractivity contribution in [2.75, 3.05) is 13.2 Å². The van der Waals surface area contributed by atoms with E-state index in [0.717, 1.165) is 49.8 Å². The van der Waals surface area contributed by atoms with Gasteiger partial charge in [-0.2, -0.15) is 5.10 Å². The van der Waals surface area contributed by atoms with E-state index in [0.29, 0.717) is 18.1 Å². The van der Waals surface area contributed by atoms with E-state index in [-0.39, 0.29) is 6.10 Å². The van der Waals surface area contributed by atoms with Gasteiger partial charge in [0, 0.05) is 25.1 Å². The van der Waals surface area contributed by atoms with Crippen LogP contribution in [0.5, 0.6) is 5.75 Å². The number of nitrogens with zero attached hydrogens (tertiary/aromatic N) is 2. The highest BCUT2D eigenvalue weighted by Crippen LogP contribution is 2.33. The molecular formula is C18H24N4O2. The van der Waals surface area contributed by atoms with Crippen LogP contribution in [0.4, 0.5) is 0 Å². The summed E-state index contributed by atoms with van der Waals surface area (Å²) in [5.74, 6) is 3.03. The van der Waals surface area contributed by atoms with Crippen molar-refractivity contribution in [1.29, 1.82) is 0 Å². The van der Waals surface area contributed by atoms with E-state index in [4.69, 9.17) is 9.47 Å². The van der Waals surface area contributed by atoms with E-state index in [9.17, 15) is 0 Å². The number of hydrogen-bond acceptors (Lipinski definition) is 5. The Morgan fingerprint density at radius 1 is 1.29 bits per heavy atom. The third-order valence-corrected chi connectivity index (χ3v) is 4.89. The van der Waals surface area contributed by atoms with Gasteiger partial charge in [0.05, 0.1) is 0 Å². The molecule has 1 aliphatic carbocycles. The van der Waals surface area contributed by atoms with Crippen molar-refractivity contribution < 1.29 is 9.47 Å². The predicted molar refractivity (Wildman–Crippen MR) is 89.8 cm³/mol. The molecule has 2 atom stereocenters. The first-order valence-corrected chi connectivity index (χ1v) is 8.73. The molecule has 2 fully saturated rings. The SMILES string of the molecule is Cc1nc([C@H]2OCC[C@H]2CNC2CC(Oc3ccccc3)C2)n[nH]1. The second kappa shape index (κ2) is 6.91. The van der Waals surface area contributed by atoms with Gasteiger partial charge in [-0.3, -0.25) is 5.10 Å². The molecule has 24 heavy (non-hydrogen) atoms. The number of aromatic amines is 1. The van der Waals surface area contributed by atoms with Crippen molar-refractivity contribution in [3.8, 4) is 5.75 Å². The van der Waals surface area contributed by atoms with Crippen LogP contribution < -0.4 is 10.1 Å². The Morgan fingerprint density at radius 3 is 2.88 bits per heavy atom. The molecule has 1 saturated heterocycles. The first-order valence-electron chi connectivity index (χ1n) is 8.73. The summed E-state index contributed by atoms with van der Waals surface area (Å²) in [4.78, 5) is 4.42. The normalized spacial score (nSPS) is 29.4. The Hall–Kier alpha value is -1.92. The summed E-state index contributed by atoms with van der Waals surface area (Å²) in [5, 5.41) is 10.8. The number of ether oxygens (including phenoxy) is 2. The Balaban J connectivity index is 1.22. The highest BCUT2D eigenvalue weighted by molar-refractivity contribution is 5.21. The Morgan fingerprint density at radius 2 is 2.12 bits per heavy atom. The molecule has 4 rings (SSSR count). The number of H-pyrrole nitrogens is 1. The van der Waals surface area contributed by atoms with Crippen LogP contribution in [0.15, 0.2) is 30.3 Å². The van der Waals surface area contributed by atoms with E-state index in [1.54, 1.807) is 0 Å². The van der Waals surface area contributed by atoms with E-state index in [1.807, 2.05) is 37.3 Å². The van der Waals surface area contributed by atoms with Crippen LogP contribution in [-0.4, -0.2) is 40.5 Å². The van der Waals surface area contributed by atoms with Crippen LogP contribution in [0, 0.1) is 12.8 Å². The van der Waals surface area contributed by atoms with Gasteiger partial charge in [0.25, 0.3) is 0 Å². The molecule has 2 heterocycles. The molecule has 6 heteroatoms. The van der Waals surface area contributed by atoms with Crippen LogP contribution in [0.25, 0.3) is 0 Å². The van der Waals surface area contributed by atoms with Gasteiger partial charge in [-0.15, -0.1) is 0 Å². The molecule has 0 bridgehead atoms. The summed E-state index contributed by atoms with van der Waals surface area (Å²) in [7, 11) is 0. The molecule has 1 aromatic heterocycles. The van der Waals surface area contributed by atoms with Crippen LogP contribution in [0.2, 0.25) is 0 Å². The zero-order valence-corrected chi connectivity index (χ0v) is 13.9. The largest absolute Gasteiger partial charge is 0.490 e. The summed E-state index contributed by atoms with van der Waals surface area (Å²) in [6.45, 7) is 3.65. The molecule has 0 radical (unpaired) electrons. The molecule has 0 amide bonds. The fraction of sp³-hybridized carbons (Fsp3) is 0.556. The number of rotatable bonds is 6. The third-order valence-electron chi connectivity index (χ3n) is 4.89. The van der Waals surface area contributed by atoms with Gasteiger partial charge in [-0.25, -0.2) is 4.98 Å². The summed E-state index contributed by atoms with van der Waals surface area (Å²) in [6, 6.07) is 10.6. The number of para-hydroxylation sites is 1. The van der Waals surface area contributed by atoms with Gasteiger partial charge in [-0.05, 0) is 38.3 Å². The van der Waals surface area contributed by atoms with Gasteiger partial charge in [0.15, 0.2) is 5.82 Å². The Kier molecular flexibility index (Phi) is 4.49. The first-order chi connectivity index (χ1) is 11.8. The minimum Gasteiger partial charge on any atom is -0.490 e. The topological polar surface area (TPSA) is 72.1 Å². The molecule has 6 nitrogen and oxygen atoms in total. The molecule has 2 aliphatic rings. The van der Waals surface area contributed by atoms with Gasteiger partial charge in [-0.1, -0.05) is 18.2 Å². The maximum Gasteiger partial charge on any atom is 0.179 e. The molecule has 2 N–H and O–H groups in total. The molecule has 0 spiro atoms. The lowest BCUT2D eigenvalue weighted by Gasteiger charge is -2.36. The number of benzene rings is 1. The molecule has 1 aromatic carbocycles. The summed E-state index contributed by atoms with van der Waals surface area (Å²) in [5.41, 5.74) is 0. The minimum absolute atomic E-state index is 0.0129. The van der Waals surface area contributed by atoms with Crippen molar-refractivity contribution in [3.63, 3.8) is 0 Å². The molecule has 1 aliphatic heterocycles. The molecule has 2 aromatic rings. The van der Waals surface area contributed by atoms with E-state index in [1.165, 1.54) is 0 Å². The second-order valence-corrected chi connectivity index (χ2v) is 6.75. The lowest BCUT2D eigenvalue weighted by Crippen LogP contribution is -2.48. The van der Waals surface area contributed by atoms with Crippen LogP contribution in [0.3, 0.4) is 0 Å². The van der Waals surface area contributed by atoms with Crippen LogP contribution in [-0.2, 0) is 4.74 Å². The quantitative estimate of drug-likeness (QED) is 0.852. The maximum atomic E-state index is 5.96. The fourth-order valence-corrected chi connectivity index (χ4v) is 3.45. The van der Waals surface area contributed by atoms with Crippen molar-refractivity contribution in [3.05, 3.63) is 42.0 Å². The predicted octanol–water partition coefficient (Wildman–Crippen LogP) is 2.39. The standard InChI is InChI=1S/C18H24N4O2/c1-12-20-18(22-21-12)17-13(7-8-23-17)11-19-14-9-16(10-14)24-15-5-3-2-4-6-15/h2-6,13-14,16-17,19H,7-11H2,1H3,(H,20,21,22)/t13-,14?,16?,17-/m0/s1. The summed E-state index contributed by atoms with van der Waals surface area (Å²) >= 11 is 0. The summed E-state index contributed by atoms with van der Waals surface area (Å²) in [6.07, 6.45) is 3.52. The average molecular weight is 328 g/mol. The lowest BCUT2D eigenvalue weighted by atomic mass is 9.88. The van der Waals surface area contributed by atoms with E-state index < -0.39 is 0 Å². The van der Waals surface area contributed by atoms with Crippen molar-refractivity contribution >= 4 is 0 Å². The highest BCUT2D eigenvalue weighted by atomic mass is 16.5. The molecular weight excluding hydrogens is 304 g/mol. The summed E-state index contributed by atoms with van der Waals surface area (Å²) < 4.78 is 11.8. The van der Waals surface area contributed by atoms with Crippen LogP contribution >= 0.6 is 0 Å². The maximum absolute atomic E-state index is 5.96. The van der Waals surface area contributed by atoms with Gasteiger partial charge in [0.1, 0.15) is 23.8 Å². The molecule has 1 saturated carbocycles. The Bertz CT molecular complexity index is 654. The van der Waals surface area contributed by atoms with Crippen molar-refractivity contribution in [2.45, 2.75) is 44.4 Å². The van der Waals surface area contributed by atoms with Gasteiger partial charge >= 0.3 is 0 Å². The monoisotopic (exact) mass is 328 g/mol. The zero-order valence-electron chi connectivity index (χ0n) is 13.9. The van der Waals surface area contributed by atoms with Gasteiger partial charge in [0.2, 0.25) is 0 Å². The van der Waals surface area contributed by atoms with Crippen molar-refractivity contribution in [1.82, 2.24) is 20.5 Å². The fourth-order valence-electron chi connectivity index (χ4n) is 3.45. The van der Waals surface area contributed by atoms with E-state index >= 15 is 0 Å². The zero-order chi connectivity index (χ0) is 16.4. The molecule has 128 valence electrons. The number of aryl methyl sites for hydroxylation is 1. The average Bonchev–Trinajstić information content (AvgIpc) is 3.19.